The van der Waals surface area contributed by atoms with E-state index in [1.165, 1.54) is 17.7 Å². The smallest absolute Gasteiger partial charge is 0.383 e. The van der Waals surface area contributed by atoms with Crippen molar-refractivity contribution in [1.82, 2.24) is 9.80 Å². The second-order valence-corrected chi connectivity index (χ2v) is 9.14. The number of halogens is 3. The molecule has 2 aromatic carbocycles. The molecule has 0 aromatic heterocycles. The zero-order chi connectivity index (χ0) is 22.5. The second kappa shape index (κ2) is 8.19. The molecule has 7 heteroatoms. The van der Waals surface area contributed by atoms with E-state index >= 15 is 0 Å². The van der Waals surface area contributed by atoms with E-state index < -0.39 is 11.7 Å². The van der Waals surface area contributed by atoms with Gasteiger partial charge < -0.3 is 9.64 Å². The molecule has 0 radical (unpaired) electrons. The molecule has 2 saturated heterocycles. The van der Waals surface area contributed by atoms with Gasteiger partial charge in [0.25, 0.3) is 0 Å². The first kappa shape index (κ1) is 21.5. The van der Waals surface area contributed by atoms with Gasteiger partial charge in [0.2, 0.25) is 5.91 Å². The van der Waals surface area contributed by atoms with Gasteiger partial charge in [-0.15, -0.1) is 0 Å². The summed E-state index contributed by atoms with van der Waals surface area (Å²) in [6, 6.07) is 11.6. The van der Waals surface area contributed by atoms with Crippen LogP contribution < -0.4 is 0 Å². The normalized spacial score (nSPS) is 23.2. The van der Waals surface area contributed by atoms with Gasteiger partial charge in [0.15, 0.2) is 0 Å². The number of carbonyl (C=O) groups excluding carboxylic acids is 1. The number of benzene rings is 2. The zero-order valence-electron chi connectivity index (χ0n) is 18.1. The van der Waals surface area contributed by atoms with Crippen molar-refractivity contribution in [2.24, 2.45) is 5.92 Å². The minimum Gasteiger partial charge on any atom is -0.383 e. The van der Waals surface area contributed by atoms with Crippen LogP contribution in [0, 0.1) is 5.92 Å². The summed E-state index contributed by atoms with van der Waals surface area (Å²) in [6.45, 7) is 3.87. The first-order chi connectivity index (χ1) is 15.3. The van der Waals surface area contributed by atoms with Crippen molar-refractivity contribution in [3.63, 3.8) is 0 Å². The number of rotatable bonds is 5. The van der Waals surface area contributed by atoms with Crippen molar-refractivity contribution >= 4 is 5.91 Å². The van der Waals surface area contributed by atoms with Crippen molar-refractivity contribution in [3.8, 4) is 11.1 Å². The van der Waals surface area contributed by atoms with Gasteiger partial charge in [-0.2, -0.15) is 13.2 Å². The molecule has 2 atom stereocenters. The van der Waals surface area contributed by atoms with E-state index in [0.29, 0.717) is 12.5 Å². The molecular weight excluding hydrogens is 417 g/mol. The van der Waals surface area contributed by atoms with Gasteiger partial charge >= 0.3 is 6.18 Å². The summed E-state index contributed by atoms with van der Waals surface area (Å²) in [6.07, 6.45) is -2.43. The fourth-order valence-electron chi connectivity index (χ4n) is 5.44. The molecule has 32 heavy (non-hydrogen) atoms. The third kappa shape index (κ3) is 3.82. The highest BCUT2D eigenvalue weighted by atomic mass is 19.4. The molecule has 2 bridgehead atoms. The number of amides is 1. The zero-order valence-corrected chi connectivity index (χ0v) is 18.1. The van der Waals surface area contributed by atoms with Crippen LogP contribution in [0.15, 0.2) is 42.5 Å². The van der Waals surface area contributed by atoms with Crippen molar-refractivity contribution in [2.45, 2.75) is 31.0 Å². The number of alkyl halides is 3. The lowest BCUT2D eigenvalue weighted by atomic mass is 9.92. The standard InChI is InChI=1S/C25H27F3N2O2/c1-32-11-10-29-14-19(15-29)24(31)30-9-8-18-13-23(30)22-12-17(4-7-21(18)22)16-2-5-20(6-3-16)25(26,27)28/h2-7,12,18-19,23H,8-11,13-15H2,1H3/t18-,23+/m1/s1. The third-order valence-electron chi connectivity index (χ3n) is 7.23. The number of nitrogens with zero attached hydrogens (tertiary/aromatic N) is 2. The Balaban J connectivity index is 1.34. The number of fused-ring (bicyclic) bond motifs is 5. The maximum Gasteiger partial charge on any atom is 0.416 e. The van der Waals surface area contributed by atoms with E-state index in [0.717, 1.165) is 67.8 Å². The Kier molecular flexibility index (Phi) is 5.50. The van der Waals surface area contributed by atoms with Gasteiger partial charge in [0, 0.05) is 33.3 Å². The summed E-state index contributed by atoms with van der Waals surface area (Å²) < 4.78 is 43.8. The highest BCUT2D eigenvalue weighted by molar-refractivity contribution is 5.81. The first-order valence-electron chi connectivity index (χ1n) is 11.2. The monoisotopic (exact) mass is 444 g/mol. The van der Waals surface area contributed by atoms with E-state index in [4.69, 9.17) is 4.74 Å². The van der Waals surface area contributed by atoms with Crippen LogP contribution in [0.3, 0.4) is 0 Å². The SMILES string of the molecule is COCCN1CC(C(=O)N2CC[C@@H]3C[C@H]2c2cc(-c4ccc(C(F)(F)F)cc4)ccc23)C1. The Hall–Kier alpha value is -2.38. The summed E-state index contributed by atoms with van der Waals surface area (Å²) >= 11 is 0. The van der Waals surface area contributed by atoms with E-state index in [1.807, 2.05) is 6.07 Å². The first-order valence-corrected chi connectivity index (χ1v) is 11.2. The number of likely N-dealkylation sites (tertiary alicyclic amines) is 2. The molecular formula is C25H27F3N2O2. The van der Waals surface area contributed by atoms with Crippen molar-refractivity contribution in [1.29, 1.82) is 0 Å². The maximum absolute atomic E-state index is 13.2. The molecule has 0 spiro atoms. The average Bonchev–Trinajstić information content (AvgIpc) is 3.03. The number of hydrogen-bond acceptors (Lipinski definition) is 3. The Morgan fingerprint density at radius 2 is 1.78 bits per heavy atom. The van der Waals surface area contributed by atoms with Gasteiger partial charge in [0.1, 0.15) is 0 Å². The van der Waals surface area contributed by atoms with Crippen LogP contribution in [0.2, 0.25) is 0 Å². The van der Waals surface area contributed by atoms with Crippen molar-refractivity contribution < 1.29 is 22.7 Å². The molecule has 170 valence electrons. The Morgan fingerprint density at radius 3 is 2.47 bits per heavy atom. The fourth-order valence-corrected chi connectivity index (χ4v) is 5.44. The molecule has 4 nitrogen and oxygen atoms in total. The summed E-state index contributed by atoms with van der Waals surface area (Å²) in [5.41, 5.74) is 3.46. The fraction of sp³-hybridized carbons (Fsp3) is 0.480. The van der Waals surface area contributed by atoms with Crippen LogP contribution in [0.4, 0.5) is 13.2 Å². The molecule has 5 rings (SSSR count). The van der Waals surface area contributed by atoms with Crippen LogP contribution in [-0.2, 0) is 15.7 Å². The molecule has 1 amide bonds. The van der Waals surface area contributed by atoms with Gasteiger partial charge in [-0.05, 0) is 59.2 Å². The quantitative estimate of drug-likeness (QED) is 0.670. The van der Waals surface area contributed by atoms with E-state index in [-0.39, 0.29) is 17.9 Å². The molecule has 0 unspecified atom stereocenters. The predicted molar refractivity (Wildman–Crippen MR) is 115 cm³/mol. The number of hydrogen-bond donors (Lipinski definition) is 0. The van der Waals surface area contributed by atoms with E-state index in [1.54, 1.807) is 7.11 Å². The highest BCUT2D eigenvalue weighted by Gasteiger charge is 2.44. The van der Waals surface area contributed by atoms with Crippen LogP contribution >= 0.6 is 0 Å². The highest BCUT2D eigenvalue weighted by Crippen LogP contribution is 2.50. The van der Waals surface area contributed by atoms with E-state index in [9.17, 15) is 18.0 Å². The Morgan fingerprint density at radius 1 is 1.06 bits per heavy atom. The van der Waals surface area contributed by atoms with Crippen LogP contribution in [0.25, 0.3) is 11.1 Å². The Bertz CT molecular complexity index is 999. The van der Waals surface area contributed by atoms with Gasteiger partial charge in [-0.1, -0.05) is 24.3 Å². The lowest BCUT2D eigenvalue weighted by molar-refractivity contribution is -0.145. The third-order valence-corrected chi connectivity index (χ3v) is 7.23. The summed E-state index contributed by atoms with van der Waals surface area (Å²) in [5, 5.41) is 0. The number of piperidine rings is 1. The van der Waals surface area contributed by atoms with Crippen LogP contribution in [0.1, 0.15) is 41.5 Å². The summed E-state index contributed by atoms with van der Waals surface area (Å²) in [4.78, 5) is 17.5. The van der Waals surface area contributed by atoms with Crippen molar-refractivity contribution in [3.05, 3.63) is 59.2 Å². The number of carbonyl (C=O) groups is 1. The van der Waals surface area contributed by atoms with Gasteiger partial charge in [0.05, 0.1) is 24.1 Å². The minimum absolute atomic E-state index is 0.0468. The molecule has 0 N–H and O–H groups in total. The minimum atomic E-state index is -4.34. The largest absolute Gasteiger partial charge is 0.416 e. The maximum atomic E-state index is 13.2. The van der Waals surface area contributed by atoms with Gasteiger partial charge in [-0.3, -0.25) is 9.69 Å². The van der Waals surface area contributed by atoms with Gasteiger partial charge in [-0.25, -0.2) is 0 Å². The Labute approximate surface area is 186 Å². The molecule has 3 aliphatic rings. The molecule has 2 fully saturated rings. The lowest BCUT2D eigenvalue weighted by Gasteiger charge is -2.43. The number of methoxy groups -OCH3 is 1. The van der Waals surface area contributed by atoms with E-state index in [2.05, 4.69) is 21.9 Å². The molecule has 0 saturated carbocycles. The summed E-state index contributed by atoms with van der Waals surface area (Å²) in [7, 11) is 1.68. The molecule has 2 aliphatic heterocycles. The average molecular weight is 444 g/mol. The lowest BCUT2D eigenvalue weighted by Crippen LogP contribution is -2.56. The topological polar surface area (TPSA) is 32.8 Å². The molecule has 2 heterocycles. The molecule has 2 aromatic rings. The number of ether oxygens (including phenoxy) is 1. The van der Waals surface area contributed by atoms with Crippen LogP contribution in [0.5, 0.6) is 0 Å². The summed E-state index contributed by atoms with van der Waals surface area (Å²) in [5.74, 6) is 0.737. The second-order valence-electron chi connectivity index (χ2n) is 9.14. The molecule has 1 aliphatic carbocycles. The van der Waals surface area contributed by atoms with Crippen LogP contribution in [-0.4, -0.2) is 55.6 Å². The van der Waals surface area contributed by atoms with Crippen molar-refractivity contribution in [2.75, 3.05) is 39.9 Å². The predicted octanol–water partition coefficient (Wildman–Crippen LogP) is 4.71.